The number of H-pyrrole nitrogens is 1. The Hall–Kier alpha value is -2.84. The van der Waals surface area contributed by atoms with Crippen LogP contribution in [-0.2, 0) is 9.53 Å². The third-order valence-electron chi connectivity index (χ3n) is 4.01. The number of carbonyl (C=O) groups excluding carboxylic acids is 2. The number of likely N-dealkylation sites (tertiary alicyclic amines) is 1. The molecule has 0 radical (unpaired) electrons. The van der Waals surface area contributed by atoms with Gasteiger partial charge in [-0.25, -0.2) is 9.97 Å². The number of aromatic nitrogens is 3. The van der Waals surface area contributed by atoms with E-state index in [-0.39, 0.29) is 35.2 Å². The van der Waals surface area contributed by atoms with Gasteiger partial charge in [0, 0.05) is 13.1 Å². The second-order valence-electron chi connectivity index (χ2n) is 5.52. The van der Waals surface area contributed by atoms with Gasteiger partial charge in [0.25, 0.3) is 5.91 Å². The Morgan fingerprint density at radius 3 is 2.83 bits per heavy atom. The van der Waals surface area contributed by atoms with Gasteiger partial charge in [-0.3, -0.25) is 9.59 Å². The molecule has 0 saturated carbocycles. The first kappa shape index (κ1) is 16.0. The first-order valence-electron chi connectivity index (χ1n) is 7.80. The molecule has 9 nitrogen and oxygen atoms in total. The first-order valence-corrected chi connectivity index (χ1v) is 7.80. The number of anilines is 1. The van der Waals surface area contributed by atoms with E-state index in [1.165, 1.54) is 12.6 Å². The van der Waals surface area contributed by atoms with Crippen LogP contribution in [0.1, 0.15) is 30.3 Å². The molecule has 0 atom stereocenters. The third kappa shape index (κ3) is 3.10. The van der Waals surface area contributed by atoms with Gasteiger partial charge in [-0.05, 0) is 19.8 Å². The number of imidazole rings is 1. The molecule has 2 aromatic heterocycles. The number of hydrogen-bond donors (Lipinski definition) is 2. The van der Waals surface area contributed by atoms with E-state index < -0.39 is 0 Å². The Labute approximate surface area is 138 Å². The highest BCUT2D eigenvalue weighted by atomic mass is 16.5. The maximum atomic E-state index is 12.5. The Morgan fingerprint density at radius 2 is 2.21 bits per heavy atom. The van der Waals surface area contributed by atoms with Crippen molar-refractivity contribution in [1.29, 1.82) is 0 Å². The molecule has 1 saturated heterocycles. The number of piperidine rings is 1. The standard InChI is InChI=1S/C15H19N5O4/c1-2-23-15(22)9-3-5-20(6-4-9)14(21)10-7-24-13(19-10)11-12(16)18-8-17-11/h7-9H,2-6,16H2,1H3,(H,17,18). The molecule has 1 amide bonds. The second-order valence-corrected chi connectivity index (χ2v) is 5.52. The van der Waals surface area contributed by atoms with Crippen molar-refractivity contribution in [1.82, 2.24) is 19.9 Å². The number of nitrogens with one attached hydrogen (secondary N) is 1. The van der Waals surface area contributed by atoms with Gasteiger partial charge in [0.15, 0.2) is 11.5 Å². The van der Waals surface area contributed by atoms with E-state index in [0.717, 1.165) is 0 Å². The Bertz CT molecular complexity index is 730. The molecule has 0 aliphatic carbocycles. The van der Waals surface area contributed by atoms with E-state index in [1.54, 1.807) is 11.8 Å². The molecule has 2 aromatic rings. The topological polar surface area (TPSA) is 127 Å². The predicted molar refractivity (Wildman–Crippen MR) is 83.8 cm³/mol. The van der Waals surface area contributed by atoms with Crippen LogP contribution in [0, 0.1) is 5.92 Å². The van der Waals surface area contributed by atoms with Gasteiger partial charge in [-0.2, -0.15) is 0 Å². The van der Waals surface area contributed by atoms with E-state index in [0.29, 0.717) is 38.2 Å². The van der Waals surface area contributed by atoms with Crippen molar-refractivity contribution in [2.24, 2.45) is 5.92 Å². The van der Waals surface area contributed by atoms with Gasteiger partial charge in [-0.1, -0.05) is 0 Å². The molecule has 3 rings (SSSR count). The lowest BCUT2D eigenvalue weighted by molar-refractivity contribution is -0.149. The van der Waals surface area contributed by atoms with Gasteiger partial charge in [-0.15, -0.1) is 0 Å². The Balaban J connectivity index is 1.63. The number of amides is 1. The molecule has 3 N–H and O–H groups in total. The van der Waals surface area contributed by atoms with Crippen LogP contribution in [0.2, 0.25) is 0 Å². The summed E-state index contributed by atoms with van der Waals surface area (Å²) in [5.74, 6) is -0.0963. The fraction of sp³-hybridized carbons (Fsp3) is 0.467. The minimum atomic E-state index is -0.231. The molecule has 0 unspecified atom stereocenters. The zero-order valence-electron chi connectivity index (χ0n) is 13.3. The number of ether oxygens (including phenoxy) is 1. The van der Waals surface area contributed by atoms with Crippen LogP contribution in [0.4, 0.5) is 5.82 Å². The fourth-order valence-electron chi connectivity index (χ4n) is 2.70. The summed E-state index contributed by atoms with van der Waals surface area (Å²) in [7, 11) is 0. The Kier molecular flexibility index (Phi) is 4.50. The van der Waals surface area contributed by atoms with Gasteiger partial charge < -0.3 is 24.8 Å². The highest BCUT2D eigenvalue weighted by molar-refractivity contribution is 5.92. The van der Waals surface area contributed by atoms with Crippen molar-refractivity contribution in [3.8, 4) is 11.6 Å². The summed E-state index contributed by atoms with van der Waals surface area (Å²) < 4.78 is 10.3. The average molecular weight is 333 g/mol. The highest BCUT2D eigenvalue weighted by Crippen LogP contribution is 2.23. The SMILES string of the molecule is CCOC(=O)C1CCN(C(=O)c2coc(-c3[nH]cnc3N)n2)CC1. The molecule has 9 heteroatoms. The summed E-state index contributed by atoms with van der Waals surface area (Å²) in [6.45, 7) is 3.12. The van der Waals surface area contributed by atoms with Gasteiger partial charge in [0.2, 0.25) is 5.89 Å². The van der Waals surface area contributed by atoms with Crippen LogP contribution in [-0.4, -0.2) is 51.4 Å². The van der Waals surface area contributed by atoms with Crippen LogP contribution in [0.5, 0.6) is 0 Å². The van der Waals surface area contributed by atoms with E-state index in [2.05, 4.69) is 15.0 Å². The largest absolute Gasteiger partial charge is 0.466 e. The number of rotatable bonds is 4. The van der Waals surface area contributed by atoms with Crippen molar-refractivity contribution in [2.45, 2.75) is 19.8 Å². The minimum absolute atomic E-state index is 0.147. The summed E-state index contributed by atoms with van der Waals surface area (Å²) in [6, 6.07) is 0. The van der Waals surface area contributed by atoms with Crippen molar-refractivity contribution < 1.29 is 18.7 Å². The highest BCUT2D eigenvalue weighted by Gasteiger charge is 2.30. The number of aromatic amines is 1. The first-order chi connectivity index (χ1) is 11.6. The van der Waals surface area contributed by atoms with Crippen LogP contribution < -0.4 is 5.73 Å². The quantitative estimate of drug-likeness (QED) is 0.801. The van der Waals surface area contributed by atoms with Gasteiger partial charge >= 0.3 is 5.97 Å². The normalized spacial score (nSPS) is 15.5. The van der Waals surface area contributed by atoms with Gasteiger partial charge in [0.1, 0.15) is 12.0 Å². The summed E-state index contributed by atoms with van der Waals surface area (Å²) in [5, 5.41) is 0. The number of carbonyl (C=O) groups is 2. The summed E-state index contributed by atoms with van der Waals surface area (Å²) in [4.78, 5) is 36.7. The average Bonchev–Trinajstić information content (AvgIpc) is 3.23. The zero-order valence-corrected chi connectivity index (χ0v) is 13.3. The summed E-state index contributed by atoms with van der Waals surface area (Å²) >= 11 is 0. The van der Waals surface area contributed by atoms with Crippen LogP contribution in [0.25, 0.3) is 11.6 Å². The van der Waals surface area contributed by atoms with Gasteiger partial charge in [0.05, 0.1) is 18.9 Å². The van der Waals surface area contributed by atoms with Crippen molar-refractivity contribution >= 4 is 17.7 Å². The van der Waals surface area contributed by atoms with E-state index in [4.69, 9.17) is 14.9 Å². The molecule has 0 aromatic carbocycles. The molecule has 128 valence electrons. The molecular formula is C15H19N5O4. The van der Waals surface area contributed by atoms with Crippen molar-refractivity contribution in [3.05, 3.63) is 18.3 Å². The number of nitrogens with two attached hydrogens (primary N) is 1. The lowest BCUT2D eigenvalue weighted by Gasteiger charge is -2.30. The van der Waals surface area contributed by atoms with E-state index >= 15 is 0 Å². The molecule has 1 fully saturated rings. The number of nitrogen functional groups attached to an aromatic ring is 1. The summed E-state index contributed by atoms with van der Waals surface area (Å²) in [5.41, 5.74) is 6.33. The molecule has 0 spiro atoms. The lowest BCUT2D eigenvalue weighted by atomic mass is 9.97. The van der Waals surface area contributed by atoms with Crippen molar-refractivity contribution in [3.63, 3.8) is 0 Å². The van der Waals surface area contributed by atoms with Crippen LogP contribution in [0.15, 0.2) is 17.0 Å². The minimum Gasteiger partial charge on any atom is -0.466 e. The molecule has 1 aliphatic heterocycles. The monoisotopic (exact) mass is 333 g/mol. The molecular weight excluding hydrogens is 314 g/mol. The number of nitrogens with zero attached hydrogens (tertiary/aromatic N) is 3. The Morgan fingerprint density at radius 1 is 1.46 bits per heavy atom. The summed E-state index contributed by atoms with van der Waals surface area (Å²) in [6.07, 6.45) is 3.90. The maximum Gasteiger partial charge on any atom is 0.309 e. The van der Waals surface area contributed by atoms with Crippen LogP contribution >= 0.6 is 0 Å². The molecule has 3 heterocycles. The predicted octanol–water partition coefficient (Wildman–Crippen LogP) is 1.06. The fourth-order valence-corrected chi connectivity index (χ4v) is 2.70. The number of esters is 1. The number of oxazole rings is 1. The smallest absolute Gasteiger partial charge is 0.309 e. The van der Waals surface area contributed by atoms with E-state index in [1.807, 2.05) is 0 Å². The third-order valence-corrected chi connectivity index (χ3v) is 4.01. The second kappa shape index (κ2) is 6.73. The maximum absolute atomic E-state index is 12.5. The molecule has 24 heavy (non-hydrogen) atoms. The van der Waals surface area contributed by atoms with Crippen molar-refractivity contribution in [2.75, 3.05) is 25.4 Å². The molecule has 0 bridgehead atoms. The number of hydrogen-bond acceptors (Lipinski definition) is 7. The lowest BCUT2D eigenvalue weighted by Crippen LogP contribution is -2.40. The zero-order chi connectivity index (χ0) is 17.1. The van der Waals surface area contributed by atoms with Crippen LogP contribution in [0.3, 0.4) is 0 Å². The van der Waals surface area contributed by atoms with E-state index in [9.17, 15) is 9.59 Å². The molecule has 1 aliphatic rings.